The van der Waals surface area contributed by atoms with E-state index in [4.69, 9.17) is 4.79 Å². The third kappa shape index (κ3) is 10.9. The summed E-state index contributed by atoms with van der Waals surface area (Å²) in [5, 5.41) is 0. The van der Waals surface area contributed by atoms with Crippen molar-refractivity contribution in [3.05, 3.63) is 60.7 Å². The molecule has 0 aliphatic carbocycles. The maximum absolute atomic E-state index is 8.00. The van der Waals surface area contributed by atoms with Crippen LogP contribution in [0.1, 0.15) is 0 Å². The fourth-order valence-electron chi connectivity index (χ4n) is 0.642. The minimum absolute atomic E-state index is 0. The Morgan fingerprint density at radius 2 is 1.08 bits per heavy atom. The second kappa shape index (κ2) is 13.5. The van der Waals surface area contributed by atoms with Gasteiger partial charge in [0.1, 0.15) is 6.79 Å². The van der Waals surface area contributed by atoms with Crippen LogP contribution in [0.4, 0.5) is 0 Å². The Bertz CT molecular complexity index is 162. The Hall–Kier alpha value is -1.11. The SMILES string of the molecule is C=O.[Fe].[cH-]1[cH-][cH-][cH-][cH-]1.c1cc[cH-]c1. The van der Waals surface area contributed by atoms with Gasteiger partial charge in [0.2, 0.25) is 0 Å². The van der Waals surface area contributed by atoms with E-state index in [1.54, 1.807) is 0 Å². The van der Waals surface area contributed by atoms with Gasteiger partial charge < -0.3 is 35.1 Å². The Kier molecular flexibility index (Phi) is 14.9. The monoisotopic (exact) mass is 216 g/mol. The largest absolute Gasteiger partial charge is 0.748 e. The molecule has 0 saturated heterocycles. The van der Waals surface area contributed by atoms with E-state index in [9.17, 15) is 0 Å². The second-order valence-corrected chi connectivity index (χ2v) is 1.92. The van der Waals surface area contributed by atoms with Crippen LogP contribution in [0.2, 0.25) is 0 Å². The van der Waals surface area contributed by atoms with Crippen molar-refractivity contribution in [1.29, 1.82) is 0 Å². The van der Waals surface area contributed by atoms with Gasteiger partial charge in [-0.15, -0.1) is 0 Å². The number of carbonyl (C=O) groups excluding carboxylic acids is 1. The third-order valence-electron chi connectivity index (χ3n) is 1.11. The molecular formula is C11H12FeO-6. The summed E-state index contributed by atoms with van der Waals surface area (Å²) in [6.45, 7) is 2.00. The van der Waals surface area contributed by atoms with E-state index in [0.29, 0.717) is 0 Å². The van der Waals surface area contributed by atoms with Gasteiger partial charge in [0, 0.05) is 17.1 Å². The fraction of sp³-hybridized carbons (Fsp3) is 0. The molecule has 0 radical (unpaired) electrons. The summed E-state index contributed by atoms with van der Waals surface area (Å²) in [7, 11) is 0. The third-order valence-corrected chi connectivity index (χ3v) is 1.11. The zero-order valence-electron chi connectivity index (χ0n) is 7.24. The molecule has 0 bridgehead atoms. The first-order chi connectivity index (χ1) is 6.00. The van der Waals surface area contributed by atoms with Crippen molar-refractivity contribution in [2.24, 2.45) is 0 Å². The summed E-state index contributed by atoms with van der Waals surface area (Å²) in [5.74, 6) is 0. The molecule has 0 aliphatic rings. The average molecular weight is 216 g/mol. The molecule has 1 nitrogen and oxygen atoms in total. The zero-order valence-corrected chi connectivity index (χ0v) is 8.35. The number of hydrogen-bond donors (Lipinski definition) is 0. The summed E-state index contributed by atoms with van der Waals surface area (Å²) in [6.07, 6.45) is 0. The molecule has 0 fully saturated rings. The van der Waals surface area contributed by atoms with Gasteiger partial charge in [0.05, 0.1) is 0 Å². The van der Waals surface area contributed by atoms with Gasteiger partial charge >= 0.3 is 0 Å². The summed E-state index contributed by atoms with van der Waals surface area (Å²) >= 11 is 0. The maximum Gasteiger partial charge on any atom is 0.106 e. The zero-order chi connectivity index (χ0) is 9.07. The van der Waals surface area contributed by atoms with E-state index in [1.165, 1.54) is 0 Å². The smallest absolute Gasteiger partial charge is 0.106 e. The van der Waals surface area contributed by atoms with Crippen LogP contribution in [-0.4, -0.2) is 6.79 Å². The Labute approximate surface area is 89.6 Å². The topological polar surface area (TPSA) is 17.1 Å². The summed E-state index contributed by atoms with van der Waals surface area (Å²) in [4.78, 5) is 8.00. The van der Waals surface area contributed by atoms with E-state index < -0.39 is 0 Å². The van der Waals surface area contributed by atoms with Crippen LogP contribution in [0.5, 0.6) is 0 Å². The first-order valence-electron chi connectivity index (χ1n) is 3.62. The first kappa shape index (κ1) is 14.4. The minimum atomic E-state index is 0. The van der Waals surface area contributed by atoms with Crippen molar-refractivity contribution in [3.63, 3.8) is 0 Å². The standard InChI is InChI=1S/2C5H5.CH2O.Fe/c2*1-2-4-5-3-1;1-2;/h2*1-5H;1H2;/q-5;-1;;. The van der Waals surface area contributed by atoms with E-state index in [0.717, 1.165) is 0 Å². The second-order valence-electron chi connectivity index (χ2n) is 1.92. The van der Waals surface area contributed by atoms with Crippen molar-refractivity contribution in [2.45, 2.75) is 0 Å². The molecule has 0 heterocycles. The fourth-order valence-corrected chi connectivity index (χ4v) is 0.642. The van der Waals surface area contributed by atoms with Crippen molar-refractivity contribution in [1.82, 2.24) is 0 Å². The van der Waals surface area contributed by atoms with Gasteiger partial charge in [0.25, 0.3) is 0 Å². The number of rotatable bonds is 0. The molecule has 2 heteroatoms. The molecule has 0 aromatic heterocycles. The summed E-state index contributed by atoms with van der Waals surface area (Å²) in [6, 6.07) is 20.0. The van der Waals surface area contributed by atoms with Crippen LogP contribution >= 0.6 is 0 Å². The van der Waals surface area contributed by atoms with Gasteiger partial charge in [-0.1, -0.05) is 0 Å². The number of carbonyl (C=O) groups is 1. The Morgan fingerprint density at radius 3 is 1.23 bits per heavy atom. The summed E-state index contributed by atoms with van der Waals surface area (Å²) in [5.41, 5.74) is 0. The van der Waals surface area contributed by atoms with Crippen LogP contribution in [0.25, 0.3) is 0 Å². The molecule has 0 atom stereocenters. The van der Waals surface area contributed by atoms with E-state index in [-0.39, 0.29) is 17.1 Å². The molecule has 0 saturated carbocycles. The normalized spacial score (nSPS) is 6.46. The molecule has 2 aromatic carbocycles. The molecule has 0 unspecified atom stereocenters. The minimum Gasteiger partial charge on any atom is -0.748 e. The van der Waals surface area contributed by atoms with Crippen molar-refractivity contribution >= 4 is 6.79 Å². The average Bonchev–Trinajstić information content (AvgIpc) is 2.87. The van der Waals surface area contributed by atoms with Gasteiger partial charge in [-0.05, 0) is 0 Å². The summed E-state index contributed by atoms with van der Waals surface area (Å²) < 4.78 is 0. The van der Waals surface area contributed by atoms with Crippen LogP contribution in [0, 0.1) is 0 Å². The first-order valence-corrected chi connectivity index (χ1v) is 3.62. The molecule has 0 aliphatic heterocycles. The molecule has 76 valence electrons. The quantitative estimate of drug-likeness (QED) is 0.488. The van der Waals surface area contributed by atoms with E-state index in [1.807, 2.05) is 67.5 Å². The van der Waals surface area contributed by atoms with E-state index >= 15 is 0 Å². The van der Waals surface area contributed by atoms with Crippen LogP contribution < -0.4 is 0 Å². The molecule has 0 amide bonds. The van der Waals surface area contributed by atoms with Gasteiger partial charge in [-0.25, -0.2) is 12.1 Å². The van der Waals surface area contributed by atoms with Crippen molar-refractivity contribution in [3.8, 4) is 0 Å². The van der Waals surface area contributed by atoms with Gasteiger partial charge in [0.15, 0.2) is 0 Å². The van der Waals surface area contributed by atoms with Gasteiger partial charge in [-0.2, -0.15) is 18.2 Å². The maximum atomic E-state index is 8.00. The Morgan fingerprint density at radius 1 is 0.769 bits per heavy atom. The molecule has 13 heavy (non-hydrogen) atoms. The van der Waals surface area contributed by atoms with Crippen LogP contribution in [-0.2, 0) is 21.9 Å². The molecule has 2 rings (SSSR count). The predicted molar refractivity (Wildman–Crippen MR) is 51.2 cm³/mol. The number of hydrogen-bond acceptors (Lipinski definition) is 1. The molecule has 0 N–H and O–H groups in total. The van der Waals surface area contributed by atoms with Crippen LogP contribution in [0.3, 0.4) is 0 Å². The van der Waals surface area contributed by atoms with Crippen molar-refractivity contribution in [2.75, 3.05) is 0 Å². The van der Waals surface area contributed by atoms with Crippen LogP contribution in [0.15, 0.2) is 60.7 Å². The predicted octanol–water partition coefficient (Wildman–Crippen LogP) is 2.62. The van der Waals surface area contributed by atoms with Gasteiger partial charge in [-0.3, -0.25) is 0 Å². The molecule has 0 spiro atoms. The van der Waals surface area contributed by atoms with Crippen molar-refractivity contribution < 1.29 is 21.9 Å². The molecular weight excluding hydrogens is 204 g/mol. The molecule has 2 aromatic rings. The van der Waals surface area contributed by atoms with E-state index in [2.05, 4.69) is 0 Å². The Balaban J connectivity index is 0.